The molecule has 0 spiro atoms. The Bertz CT molecular complexity index is 280. The van der Waals surface area contributed by atoms with E-state index in [2.05, 4.69) is 0 Å². The Hall–Kier alpha value is -0.630. The third-order valence-corrected chi connectivity index (χ3v) is 2.40. The Morgan fingerprint density at radius 2 is 1.79 bits per heavy atom. The van der Waals surface area contributed by atoms with Gasteiger partial charge in [-0.3, -0.25) is 0 Å². The highest BCUT2D eigenvalue weighted by Crippen LogP contribution is 2.32. The zero-order valence-corrected chi connectivity index (χ0v) is 8.82. The molecule has 0 heterocycles. The highest BCUT2D eigenvalue weighted by atomic mass is 35.5. The van der Waals surface area contributed by atoms with Crippen LogP contribution in [0, 0.1) is 0 Å². The van der Waals surface area contributed by atoms with Crippen LogP contribution in [0.3, 0.4) is 0 Å². The average Bonchev–Trinajstić information content (AvgIpc) is 2.18. The quantitative estimate of drug-likeness (QED) is 0.661. The third kappa shape index (κ3) is 2.68. The summed E-state index contributed by atoms with van der Waals surface area (Å²) in [6.45, 7) is 1.75. The molecule has 0 aromatic heterocycles. The number of hydrogen-bond donors (Lipinski definition) is 0. The zero-order chi connectivity index (χ0) is 10.6. The molecule has 1 aromatic carbocycles. The lowest BCUT2D eigenvalue weighted by Gasteiger charge is -2.15. The fourth-order valence-corrected chi connectivity index (χ4v) is 1.47. The van der Waals surface area contributed by atoms with Gasteiger partial charge in [-0.15, -0.1) is 11.6 Å². The highest BCUT2D eigenvalue weighted by molar-refractivity contribution is 6.17. The van der Waals surface area contributed by atoms with Crippen LogP contribution in [-0.2, 0) is 11.8 Å². The first-order valence-corrected chi connectivity index (χ1v) is 5.17. The van der Waals surface area contributed by atoms with Gasteiger partial charge in [-0.1, -0.05) is 37.6 Å². The maximum Gasteiger partial charge on any atom is 0.273 e. The van der Waals surface area contributed by atoms with Crippen LogP contribution in [0.4, 0.5) is 8.78 Å². The lowest BCUT2D eigenvalue weighted by molar-refractivity contribution is -0.0140. The summed E-state index contributed by atoms with van der Waals surface area (Å²) in [6.07, 6.45) is 0.372. The van der Waals surface area contributed by atoms with Crippen LogP contribution in [0.5, 0.6) is 0 Å². The van der Waals surface area contributed by atoms with Gasteiger partial charge in [0.15, 0.2) is 0 Å². The van der Waals surface area contributed by atoms with Crippen LogP contribution in [0.25, 0.3) is 0 Å². The van der Waals surface area contributed by atoms with Crippen molar-refractivity contribution in [3.05, 3.63) is 35.4 Å². The van der Waals surface area contributed by atoms with Crippen LogP contribution in [0.2, 0.25) is 0 Å². The molecule has 0 fully saturated rings. The van der Waals surface area contributed by atoms with Crippen molar-refractivity contribution in [2.45, 2.75) is 31.6 Å². The molecule has 0 unspecified atom stereocenters. The molecular weight excluding hydrogens is 206 g/mol. The molecule has 0 saturated heterocycles. The number of benzene rings is 1. The Balaban J connectivity index is 2.85. The molecule has 78 valence electrons. The minimum absolute atomic E-state index is 0.0771. The van der Waals surface area contributed by atoms with Crippen LogP contribution in [0.1, 0.15) is 30.9 Å². The largest absolute Gasteiger partial charge is 0.273 e. The second-order valence-electron chi connectivity index (χ2n) is 3.29. The van der Waals surface area contributed by atoms with Gasteiger partial charge in [0.25, 0.3) is 5.92 Å². The number of hydrogen-bond acceptors (Lipinski definition) is 0. The molecule has 0 aliphatic heterocycles. The van der Waals surface area contributed by atoms with Crippen LogP contribution in [0.15, 0.2) is 24.3 Å². The van der Waals surface area contributed by atoms with Gasteiger partial charge in [0.1, 0.15) is 0 Å². The van der Waals surface area contributed by atoms with Crippen molar-refractivity contribution in [3.8, 4) is 0 Å². The lowest BCUT2D eigenvalue weighted by Crippen LogP contribution is -2.12. The Morgan fingerprint density at radius 1 is 1.21 bits per heavy atom. The van der Waals surface area contributed by atoms with Gasteiger partial charge >= 0.3 is 0 Å². The van der Waals surface area contributed by atoms with E-state index in [4.69, 9.17) is 11.6 Å². The van der Waals surface area contributed by atoms with Gasteiger partial charge < -0.3 is 0 Å². The van der Waals surface area contributed by atoms with Gasteiger partial charge in [0.2, 0.25) is 0 Å². The number of halogens is 3. The molecule has 0 radical (unpaired) electrons. The summed E-state index contributed by atoms with van der Waals surface area (Å²) in [4.78, 5) is 0. The van der Waals surface area contributed by atoms with E-state index >= 15 is 0 Å². The van der Waals surface area contributed by atoms with E-state index in [1.54, 1.807) is 19.1 Å². The summed E-state index contributed by atoms with van der Waals surface area (Å²) < 4.78 is 26.7. The van der Waals surface area contributed by atoms with Gasteiger partial charge in [-0.25, -0.2) is 8.78 Å². The van der Waals surface area contributed by atoms with Crippen LogP contribution in [-0.4, -0.2) is 0 Å². The van der Waals surface area contributed by atoms with Crippen molar-refractivity contribution >= 4 is 11.6 Å². The molecule has 3 heteroatoms. The summed E-state index contributed by atoms with van der Waals surface area (Å²) in [5.74, 6) is -2.35. The molecule has 0 aliphatic carbocycles. The smallest absolute Gasteiger partial charge is 0.201 e. The van der Waals surface area contributed by atoms with Crippen LogP contribution >= 0.6 is 11.6 Å². The lowest BCUT2D eigenvalue weighted by atomic mass is 10.0. The van der Waals surface area contributed by atoms with Crippen molar-refractivity contribution in [1.29, 1.82) is 0 Å². The minimum Gasteiger partial charge on any atom is -0.201 e. The van der Waals surface area contributed by atoms with Crippen LogP contribution < -0.4 is 0 Å². The van der Waals surface area contributed by atoms with Crippen molar-refractivity contribution in [2.24, 2.45) is 0 Å². The second kappa shape index (κ2) is 4.74. The van der Waals surface area contributed by atoms with Gasteiger partial charge in [0, 0.05) is 17.9 Å². The molecule has 1 aromatic rings. The third-order valence-electron chi connectivity index (χ3n) is 2.09. The zero-order valence-electron chi connectivity index (χ0n) is 8.06. The fraction of sp³-hybridized carbons (Fsp3) is 0.455. The normalized spacial score (nSPS) is 11.7. The van der Waals surface area contributed by atoms with Crippen molar-refractivity contribution in [2.75, 3.05) is 0 Å². The first-order valence-electron chi connectivity index (χ1n) is 4.63. The first-order chi connectivity index (χ1) is 6.60. The molecule has 0 bridgehead atoms. The van der Waals surface area contributed by atoms with E-state index in [0.29, 0.717) is 12.3 Å². The van der Waals surface area contributed by atoms with E-state index in [1.165, 1.54) is 12.1 Å². The minimum atomic E-state index is -2.71. The first kappa shape index (κ1) is 11.4. The van der Waals surface area contributed by atoms with E-state index in [1.807, 2.05) is 0 Å². The highest BCUT2D eigenvalue weighted by Gasteiger charge is 2.29. The average molecular weight is 219 g/mol. The van der Waals surface area contributed by atoms with E-state index in [9.17, 15) is 8.78 Å². The fourth-order valence-electron chi connectivity index (χ4n) is 1.30. The van der Waals surface area contributed by atoms with Gasteiger partial charge in [-0.2, -0.15) is 0 Å². The summed E-state index contributed by atoms with van der Waals surface area (Å²) in [6, 6.07) is 6.19. The summed E-state index contributed by atoms with van der Waals surface area (Å²) >= 11 is 5.57. The molecule has 0 N–H and O–H groups in total. The second-order valence-corrected chi connectivity index (χ2v) is 3.55. The molecule has 0 amide bonds. The Kier molecular flexibility index (Phi) is 3.87. The van der Waals surface area contributed by atoms with Crippen molar-refractivity contribution in [3.63, 3.8) is 0 Å². The number of rotatable bonds is 4. The predicted octanol–water partition coefficient (Wildman–Crippen LogP) is 4.32. The SMILES string of the molecule is CCCC(F)(F)c1ccc(CCl)cc1. The molecule has 14 heavy (non-hydrogen) atoms. The Labute approximate surface area is 87.9 Å². The predicted molar refractivity (Wildman–Crippen MR) is 54.8 cm³/mol. The summed E-state index contributed by atoms with van der Waals surface area (Å²) in [7, 11) is 0. The summed E-state index contributed by atoms with van der Waals surface area (Å²) in [5.41, 5.74) is 0.941. The molecule has 1 rings (SSSR count). The van der Waals surface area contributed by atoms with E-state index < -0.39 is 5.92 Å². The molecule has 0 aliphatic rings. The van der Waals surface area contributed by atoms with Crippen molar-refractivity contribution < 1.29 is 8.78 Å². The maximum absolute atomic E-state index is 13.4. The standard InChI is InChI=1S/C11H13ClF2/c1-2-7-11(13,14)10-5-3-9(8-12)4-6-10/h3-6H,2,7-8H2,1H3. The van der Waals surface area contributed by atoms with E-state index in [0.717, 1.165) is 5.56 Å². The monoisotopic (exact) mass is 218 g/mol. The summed E-state index contributed by atoms with van der Waals surface area (Å²) in [5, 5.41) is 0. The Morgan fingerprint density at radius 3 is 2.21 bits per heavy atom. The van der Waals surface area contributed by atoms with E-state index in [-0.39, 0.29) is 12.0 Å². The topological polar surface area (TPSA) is 0 Å². The van der Waals surface area contributed by atoms with Gasteiger partial charge in [0.05, 0.1) is 0 Å². The maximum atomic E-state index is 13.4. The molecule has 0 saturated carbocycles. The molecule has 0 nitrogen and oxygen atoms in total. The molecule has 0 atom stereocenters. The molecular formula is C11H13ClF2. The van der Waals surface area contributed by atoms with Gasteiger partial charge in [-0.05, 0) is 5.56 Å². The van der Waals surface area contributed by atoms with Crippen molar-refractivity contribution in [1.82, 2.24) is 0 Å². The number of alkyl halides is 3.